The van der Waals surface area contributed by atoms with Crippen molar-refractivity contribution in [3.05, 3.63) is 24.2 Å². The highest BCUT2D eigenvalue weighted by atomic mass is 16.5. The summed E-state index contributed by atoms with van der Waals surface area (Å²) in [5.74, 6) is 1.55. The first-order chi connectivity index (χ1) is 12.7. The molecule has 0 bridgehead atoms. The fraction of sp³-hybridized carbons (Fsp3) is 0.467. The Morgan fingerprint density at radius 3 is 2.77 bits per heavy atom. The van der Waals surface area contributed by atoms with Gasteiger partial charge in [0.05, 0.1) is 11.6 Å². The van der Waals surface area contributed by atoms with E-state index in [0.29, 0.717) is 38.6 Å². The minimum atomic E-state index is -0.142. The zero-order valence-corrected chi connectivity index (χ0v) is 14.6. The van der Waals surface area contributed by atoms with Crippen LogP contribution in [0.25, 0.3) is 11.0 Å². The third kappa shape index (κ3) is 2.86. The topological polar surface area (TPSA) is 118 Å². The van der Waals surface area contributed by atoms with Crippen molar-refractivity contribution in [3.63, 3.8) is 0 Å². The number of amides is 1. The molecule has 1 aliphatic heterocycles. The van der Waals surface area contributed by atoms with E-state index in [1.807, 2.05) is 7.05 Å². The lowest BCUT2D eigenvalue weighted by atomic mass is 10.2. The van der Waals surface area contributed by atoms with Crippen LogP contribution in [0, 0.1) is 0 Å². The normalized spacial score (nSPS) is 15.0. The molecule has 0 aliphatic carbocycles. The van der Waals surface area contributed by atoms with E-state index in [2.05, 4.69) is 35.1 Å². The molecule has 3 aromatic rings. The van der Waals surface area contributed by atoms with Gasteiger partial charge in [0, 0.05) is 40.3 Å². The number of hydrogen-bond donors (Lipinski definition) is 1. The molecule has 4 rings (SSSR count). The Balaban J connectivity index is 1.56. The van der Waals surface area contributed by atoms with Crippen LogP contribution in [-0.2, 0) is 18.4 Å². The van der Waals surface area contributed by atoms with Crippen molar-refractivity contribution in [2.75, 3.05) is 38.2 Å². The third-order valence-corrected chi connectivity index (χ3v) is 4.38. The predicted molar refractivity (Wildman–Crippen MR) is 91.5 cm³/mol. The summed E-state index contributed by atoms with van der Waals surface area (Å²) in [6.07, 6.45) is 3.11. The number of nitrogens with one attached hydrogen (secondary N) is 1. The minimum Gasteiger partial charge on any atom is -0.377 e. The Labute approximate surface area is 149 Å². The number of piperazine rings is 1. The van der Waals surface area contributed by atoms with Crippen LogP contribution in [0.1, 0.15) is 16.4 Å². The molecule has 0 saturated carbocycles. The maximum atomic E-state index is 12.4. The summed E-state index contributed by atoms with van der Waals surface area (Å²) in [6.45, 7) is 2.80. The average Bonchev–Trinajstić information content (AvgIpc) is 3.32. The molecule has 136 valence electrons. The van der Waals surface area contributed by atoms with E-state index < -0.39 is 0 Å². The highest BCUT2D eigenvalue weighted by Gasteiger charge is 2.26. The molecule has 1 N–H and O–H groups in total. The van der Waals surface area contributed by atoms with Crippen LogP contribution in [-0.4, -0.2) is 79.0 Å². The second kappa shape index (κ2) is 6.67. The van der Waals surface area contributed by atoms with Crippen LogP contribution in [0.4, 0.5) is 5.82 Å². The molecule has 0 spiro atoms. The van der Waals surface area contributed by atoms with Crippen molar-refractivity contribution in [1.29, 1.82) is 0 Å². The van der Waals surface area contributed by atoms with E-state index in [0.717, 1.165) is 16.9 Å². The highest BCUT2D eigenvalue weighted by Crippen LogP contribution is 2.25. The number of carbonyl (C=O) groups excluding carboxylic acids is 1. The van der Waals surface area contributed by atoms with Crippen molar-refractivity contribution >= 4 is 22.8 Å². The van der Waals surface area contributed by atoms with Gasteiger partial charge in [-0.25, -0.2) is 15.0 Å². The number of fused-ring (bicyclic) bond motifs is 1. The summed E-state index contributed by atoms with van der Waals surface area (Å²) >= 11 is 0. The molecule has 11 heteroatoms. The molecule has 26 heavy (non-hydrogen) atoms. The van der Waals surface area contributed by atoms with E-state index in [-0.39, 0.29) is 11.7 Å². The van der Waals surface area contributed by atoms with Crippen LogP contribution >= 0.6 is 0 Å². The lowest BCUT2D eigenvalue weighted by Crippen LogP contribution is -2.49. The number of aromatic nitrogens is 7. The number of aromatic amines is 1. The van der Waals surface area contributed by atoms with Crippen LogP contribution in [0.3, 0.4) is 0 Å². The van der Waals surface area contributed by atoms with E-state index in [9.17, 15) is 4.79 Å². The van der Waals surface area contributed by atoms with Crippen LogP contribution < -0.4 is 4.90 Å². The Bertz CT molecular complexity index is 913. The predicted octanol–water partition coefficient (Wildman–Crippen LogP) is -0.410. The van der Waals surface area contributed by atoms with Crippen LogP contribution in [0.2, 0.25) is 0 Å². The quantitative estimate of drug-likeness (QED) is 0.669. The Morgan fingerprint density at radius 2 is 2.08 bits per heavy atom. The van der Waals surface area contributed by atoms with Gasteiger partial charge in [0.2, 0.25) is 5.82 Å². The maximum absolute atomic E-state index is 12.4. The number of anilines is 1. The van der Waals surface area contributed by atoms with Crippen molar-refractivity contribution < 1.29 is 9.53 Å². The smallest absolute Gasteiger partial charge is 0.291 e. The number of hydrogen-bond acceptors (Lipinski definition) is 8. The number of carbonyl (C=O) groups is 1. The number of nitrogens with zero attached hydrogens (tertiary/aromatic N) is 8. The number of ether oxygens (including phenoxy) is 1. The molecular weight excluding hydrogens is 338 g/mol. The molecule has 1 fully saturated rings. The Morgan fingerprint density at radius 1 is 1.27 bits per heavy atom. The number of H-pyrrole nitrogens is 1. The number of aryl methyl sites for hydroxylation is 1. The summed E-state index contributed by atoms with van der Waals surface area (Å²) < 4.78 is 6.91. The first kappa shape index (κ1) is 16.4. The van der Waals surface area contributed by atoms with Gasteiger partial charge in [0.15, 0.2) is 11.5 Å². The minimum absolute atomic E-state index is 0.142. The largest absolute Gasteiger partial charge is 0.377 e. The van der Waals surface area contributed by atoms with Gasteiger partial charge in [-0.05, 0) is 0 Å². The zero-order valence-electron chi connectivity index (χ0n) is 14.6. The molecule has 0 unspecified atom stereocenters. The molecule has 1 aliphatic rings. The van der Waals surface area contributed by atoms with Gasteiger partial charge < -0.3 is 14.5 Å². The molecule has 1 amide bonds. The first-order valence-electron chi connectivity index (χ1n) is 8.24. The summed E-state index contributed by atoms with van der Waals surface area (Å²) in [4.78, 5) is 29.4. The summed E-state index contributed by atoms with van der Waals surface area (Å²) in [5.41, 5.74) is 0.766. The molecule has 0 aromatic carbocycles. The summed E-state index contributed by atoms with van der Waals surface area (Å²) in [7, 11) is 3.47. The fourth-order valence-electron chi connectivity index (χ4n) is 3.07. The zero-order chi connectivity index (χ0) is 18.1. The van der Waals surface area contributed by atoms with Crippen molar-refractivity contribution in [3.8, 4) is 0 Å². The SMILES string of the molecule is COCc1nc(N2CCN(C(=O)c3ncn[nH]3)CC2)c2cnn(C)c2n1. The van der Waals surface area contributed by atoms with E-state index in [1.54, 1.807) is 22.9 Å². The van der Waals surface area contributed by atoms with Crippen LogP contribution in [0.15, 0.2) is 12.5 Å². The van der Waals surface area contributed by atoms with E-state index in [1.165, 1.54) is 6.33 Å². The molecule has 11 nitrogen and oxygen atoms in total. The van der Waals surface area contributed by atoms with E-state index in [4.69, 9.17) is 4.74 Å². The average molecular weight is 357 g/mol. The van der Waals surface area contributed by atoms with Gasteiger partial charge in [0.25, 0.3) is 5.91 Å². The molecule has 0 radical (unpaired) electrons. The van der Waals surface area contributed by atoms with Crippen molar-refractivity contribution in [1.82, 2.24) is 39.8 Å². The number of methoxy groups -OCH3 is 1. The lowest BCUT2D eigenvalue weighted by Gasteiger charge is -2.35. The molecule has 4 heterocycles. The Kier molecular flexibility index (Phi) is 4.21. The summed E-state index contributed by atoms with van der Waals surface area (Å²) in [5, 5.41) is 11.5. The molecular formula is C15H19N9O2. The number of rotatable bonds is 4. The van der Waals surface area contributed by atoms with Gasteiger partial charge in [-0.2, -0.15) is 10.2 Å². The standard InChI is InChI=1S/C15H19N9O2/c1-22-13-10(7-18-22)14(20-11(19-13)8-26-2)23-3-5-24(6-4-23)15(25)12-16-9-17-21-12/h7,9H,3-6,8H2,1-2H3,(H,16,17,21). The molecule has 3 aromatic heterocycles. The molecule has 0 atom stereocenters. The molecule has 1 saturated heterocycles. The maximum Gasteiger partial charge on any atom is 0.291 e. The van der Waals surface area contributed by atoms with Gasteiger partial charge in [0.1, 0.15) is 18.8 Å². The van der Waals surface area contributed by atoms with Gasteiger partial charge >= 0.3 is 0 Å². The second-order valence-electron chi connectivity index (χ2n) is 6.02. The van der Waals surface area contributed by atoms with Gasteiger partial charge in [-0.1, -0.05) is 0 Å². The lowest BCUT2D eigenvalue weighted by molar-refractivity contribution is 0.0734. The summed E-state index contributed by atoms with van der Waals surface area (Å²) in [6, 6.07) is 0. The fourth-order valence-corrected chi connectivity index (χ4v) is 3.07. The van der Waals surface area contributed by atoms with Gasteiger partial charge in [-0.3, -0.25) is 14.6 Å². The highest BCUT2D eigenvalue weighted by molar-refractivity contribution is 5.91. The second-order valence-corrected chi connectivity index (χ2v) is 6.02. The monoisotopic (exact) mass is 357 g/mol. The van der Waals surface area contributed by atoms with Crippen molar-refractivity contribution in [2.24, 2.45) is 7.05 Å². The Hall–Kier alpha value is -3.08. The van der Waals surface area contributed by atoms with E-state index >= 15 is 0 Å². The first-order valence-corrected chi connectivity index (χ1v) is 8.24. The third-order valence-electron chi connectivity index (χ3n) is 4.38. The van der Waals surface area contributed by atoms with Crippen LogP contribution in [0.5, 0.6) is 0 Å². The van der Waals surface area contributed by atoms with Gasteiger partial charge in [-0.15, -0.1) is 0 Å². The van der Waals surface area contributed by atoms with Crippen molar-refractivity contribution in [2.45, 2.75) is 6.61 Å².